The molecule has 0 unspecified atom stereocenters. The summed E-state index contributed by atoms with van der Waals surface area (Å²) < 4.78 is 12.2. The lowest BCUT2D eigenvalue weighted by molar-refractivity contribution is -0.136. The molecular formula is C22H26N4O5. The Morgan fingerprint density at radius 1 is 1.26 bits per heavy atom. The molecule has 1 fully saturated rings. The van der Waals surface area contributed by atoms with Gasteiger partial charge in [0.1, 0.15) is 5.75 Å². The highest BCUT2D eigenvalue weighted by Crippen LogP contribution is 2.26. The van der Waals surface area contributed by atoms with E-state index < -0.39 is 5.97 Å². The monoisotopic (exact) mass is 426 g/mol. The van der Waals surface area contributed by atoms with Gasteiger partial charge >= 0.3 is 5.97 Å². The van der Waals surface area contributed by atoms with Crippen molar-refractivity contribution in [1.82, 2.24) is 20.0 Å². The number of nitrogens with one attached hydrogen (secondary N) is 1. The van der Waals surface area contributed by atoms with Crippen LogP contribution in [0.2, 0.25) is 0 Å². The van der Waals surface area contributed by atoms with Gasteiger partial charge in [-0.25, -0.2) is 4.79 Å². The third kappa shape index (κ3) is 4.26. The molecule has 0 saturated carbocycles. The second-order valence-corrected chi connectivity index (χ2v) is 7.71. The molecule has 0 spiro atoms. The predicted molar refractivity (Wildman–Crippen MR) is 111 cm³/mol. The largest absolute Gasteiger partial charge is 0.497 e. The number of hydrogen-bond donors (Lipinski definition) is 1. The van der Waals surface area contributed by atoms with Crippen molar-refractivity contribution in [1.29, 1.82) is 0 Å². The molecular weight excluding hydrogens is 400 g/mol. The third-order valence-electron chi connectivity index (χ3n) is 5.73. The van der Waals surface area contributed by atoms with Crippen LogP contribution in [0.15, 0.2) is 24.3 Å². The van der Waals surface area contributed by atoms with Gasteiger partial charge in [0.15, 0.2) is 5.69 Å². The Morgan fingerprint density at radius 3 is 2.68 bits per heavy atom. The number of carbonyl (C=O) groups is 3. The average molecular weight is 426 g/mol. The summed E-state index contributed by atoms with van der Waals surface area (Å²) in [6.45, 7) is 3.67. The first-order valence-electron chi connectivity index (χ1n) is 10.4. The van der Waals surface area contributed by atoms with Crippen LogP contribution in [0.5, 0.6) is 5.75 Å². The number of hydrogen-bond acceptors (Lipinski definition) is 6. The van der Waals surface area contributed by atoms with Crippen LogP contribution in [-0.2, 0) is 33.8 Å². The van der Waals surface area contributed by atoms with Gasteiger partial charge < -0.3 is 19.7 Å². The van der Waals surface area contributed by atoms with Crippen LogP contribution < -0.4 is 10.1 Å². The molecule has 1 aromatic heterocycles. The van der Waals surface area contributed by atoms with E-state index in [1.165, 1.54) is 0 Å². The number of carbonyl (C=O) groups excluding carboxylic acids is 3. The van der Waals surface area contributed by atoms with Crippen molar-refractivity contribution >= 4 is 17.8 Å². The van der Waals surface area contributed by atoms with E-state index in [1.54, 1.807) is 18.9 Å². The number of aromatic nitrogens is 2. The zero-order valence-corrected chi connectivity index (χ0v) is 17.7. The van der Waals surface area contributed by atoms with E-state index in [1.807, 2.05) is 28.9 Å². The summed E-state index contributed by atoms with van der Waals surface area (Å²) >= 11 is 0. The van der Waals surface area contributed by atoms with Crippen LogP contribution >= 0.6 is 0 Å². The number of fused-ring (bicyclic) bond motifs is 1. The Morgan fingerprint density at radius 2 is 2.03 bits per heavy atom. The molecule has 0 radical (unpaired) electrons. The molecule has 1 aromatic carbocycles. The molecule has 3 heterocycles. The second-order valence-electron chi connectivity index (χ2n) is 7.71. The van der Waals surface area contributed by atoms with Crippen molar-refractivity contribution in [3.63, 3.8) is 0 Å². The first-order chi connectivity index (χ1) is 15.0. The molecule has 1 N–H and O–H groups in total. The second kappa shape index (κ2) is 8.79. The maximum absolute atomic E-state index is 12.9. The predicted octanol–water partition coefficient (Wildman–Crippen LogP) is 1.14. The van der Waals surface area contributed by atoms with E-state index in [2.05, 4.69) is 10.4 Å². The molecule has 9 heteroatoms. The third-order valence-corrected chi connectivity index (χ3v) is 5.73. The quantitative estimate of drug-likeness (QED) is 0.695. The average Bonchev–Trinajstić information content (AvgIpc) is 3.37. The number of esters is 1. The highest BCUT2D eigenvalue weighted by molar-refractivity contribution is 5.91. The van der Waals surface area contributed by atoms with Gasteiger partial charge in [-0.15, -0.1) is 0 Å². The first-order valence-corrected chi connectivity index (χ1v) is 10.4. The summed E-state index contributed by atoms with van der Waals surface area (Å²) in [6, 6.07) is 7.68. The Hall–Kier alpha value is -3.36. The number of ether oxygens (including phenoxy) is 2. The molecule has 9 nitrogen and oxygen atoms in total. The minimum Gasteiger partial charge on any atom is -0.497 e. The van der Waals surface area contributed by atoms with E-state index >= 15 is 0 Å². The topological polar surface area (TPSA) is 103 Å². The molecule has 0 bridgehead atoms. The van der Waals surface area contributed by atoms with Crippen LogP contribution in [0, 0.1) is 5.92 Å². The van der Waals surface area contributed by atoms with Gasteiger partial charge in [0.25, 0.3) is 0 Å². The Bertz CT molecular complexity index is 998. The van der Waals surface area contributed by atoms with Gasteiger partial charge in [0.2, 0.25) is 11.8 Å². The van der Waals surface area contributed by atoms with E-state index in [-0.39, 0.29) is 43.0 Å². The van der Waals surface area contributed by atoms with Crippen LogP contribution in [0.25, 0.3) is 0 Å². The lowest BCUT2D eigenvalue weighted by Gasteiger charge is -2.29. The van der Waals surface area contributed by atoms with Gasteiger partial charge in [0.05, 0.1) is 26.2 Å². The molecule has 31 heavy (non-hydrogen) atoms. The van der Waals surface area contributed by atoms with Gasteiger partial charge in [-0.2, -0.15) is 5.10 Å². The molecule has 1 saturated heterocycles. The number of amides is 2. The summed E-state index contributed by atoms with van der Waals surface area (Å²) in [5, 5.41) is 7.27. The number of nitrogens with zero attached hydrogens (tertiary/aromatic N) is 3. The first kappa shape index (κ1) is 20.9. The molecule has 1 atom stereocenters. The van der Waals surface area contributed by atoms with Crippen LogP contribution in [-0.4, -0.2) is 59.3 Å². The molecule has 4 rings (SSSR count). The van der Waals surface area contributed by atoms with Gasteiger partial charge in [-0.3, -0.25) is 14.3 Å². The summed E-state index contributed by atoms with van der Waals surface area (Å²) in [4.78, 5) is 38.7. The zero-order valence-electron chi connectivity index (χ0n) is 17.7. The molecule has 2 aromatic rings. The van der Waals surface area contributed by atoms with E-state index in [0.717, 1.165) is 22.6 Å². The fraction of sp³-hybridized carbons (Fsp3) is 0.455. The summed E-state index contributed by atoms with van der Waals surface area (Å²) in [6.07, 6.45) is 0.793. The van der Waals surface area contributed by atoms with Crippen LogP contribution in [0.1, 0.15) is 40.7 Å². The maximum atomic E-state index is 12.9. The Kier molecular flexibility index (Phi) is 5.92. The molecule has 2 aliphatic heterocycles. The minimum atomic E-state index is -0.487. The summed E-state index contributed by atoms with van der Waals surface area (Å²) in [5.74, 6) is -0.238. The van der Waals surface area contributed by atoms with E-state index in [4.69, 9.17) is 9.47 Å². The number of benzene rings is 1. The normalized spacial score (nSPS) is 17.8. The standard InChI is InChI=1S/C22H26N4O5/c1-3-31-22(29)20-17-13-25(21(28)15-10-19(27)23-11-15)9-8-18(17)26(24-20)12-14-4-6-16(30-2)7-5-14/h4-7,15H,3,8-13H2,1-2H3,(H,23,27)/t15-/m0/s1. The van der Waals surface area contributed by atoms with Gasteiger partial charge in [-0.05, 0) is 24.6 Å². The van der Waals surface area contributed by atoms with Crippen LogP contribution in [0.4, 0.5) is 0 Å². The lowest BCUT2D eigenvalue weighted by atomic mass is 10.0. The van der Waals surface area contributed by atoms with Crippen molar-refractivity contribution in [2.75, 3.05) is 26.8 Å². The smallest absolute Gasteiger partial charge is 0.359 e. The fourth-order valence-corrected chi connectivity index (χ4v) is 4.11. The Balaban J connectivity index is 1.60. The molecule has 164 valence electrons. The molecule has 2 aliphatic rings. The molecule has 0 aliphatic carbocycles. The molecule has 2 amide bonds. The fourth-order valence-electron chi connectivity index (χ4n) is 4.11. The zero-order chi connectivity index (χ0) is 22.0. The van der Waals surface area contributed by atoms with Crippen LogP contribution in [0.3, 0.4) is 0 Å². The summed E-state index contributed by atoms with van der Waals surface area (Å²) in [7, 11) is 1.62. The minimum absolute atomic E-state index is 0.0679. The number of methoxy groups -OCH3 is 1. The Labute approximate surface area is 180 Å². The van der Waals surface area contributed by atoms with Gasteiger partial charge in [0, 0.05) is 43.7 Å². The maximum Gasteiger partial charge on any atom is 0.359 e. The number of rotatable bonds is 6. The van der Waals surface area contributed by atoms with Crippen molar-refractivity contribution in [2.24, 2.45) is 5.92 Å². The van der Waals surface area contributed by atoms with E-state index in [9.17, 15) is 14.4 Å². The highest BCUT2D eigenvalue weighted by atomic mass is 16.5. The van der Waals surface area contributed by atoms with Crippen molar-refractivity contribution in [3.8, 4) is 5.75 Å². The van der Waals surface area contributed by atoms with Crippen molar-refractivity contribution in [2.45, 2.75) is 32.9 Å². The van der Waals surface area contributed by atoms with Crippen molar-refractivity contribution in [3.05, 3.63) is 46.8 Å². The van der Waals surface area contributed by atoms with E-state index in [0.29, 0.717) is 26.1 Å². The SMILES string of the molecule is CCOC(=O)c1nn(Cc2ccc(OC)cc2)c2c1CN(C(=O)[C@@H]1CNC(=O)C1)CC2. The highest BCUT2D eigenvalue weighted by Gasteiger charge is 2.35. The summed E-state index contributed by atoms with van der Waals surface area (Å²) in [5.41, 5.74) is 2.94. The van der Waals surface area contributed by atoms with Crippen molar-refractivity contribution < 1.29 is 23.9 Å². The lowest BCUT2D eigenvalue weighted by Crippen LogP contribution is -2.41. The van der Waals surface area contributed by atoms with Gasteiger partial charge in [-0.1, -0.05) is 12.1 Å².